The summed E-state index contributed by atoms with van der Waals surface area (Å²) in [5.41, 5.74) is 7.98. The molecule has 0 aliphatic carbocycles. The zero-order chi connectivity index (χ0) is 13.8. The summed E-state index contributed by atoms with van der Waals surface area (Å²) in [7, 11) is 0. The second-order valence-electron chi connectivity index (χ2n) is 3.83. The van der Waals surface area contributed by atoms with Crippen LogP contribution >= 0.6 is 23.1 Å². The number of carbonyl (C=O) groups excluding carboxylic acids is 1. The van der Waals surface area contributed by atoms with Crippen molar-refractivity contribution >= 4 is 34.8 Å². The third-order valence-electron chi connectivity index (χ3n) is 2.32. The van der Waals surface area contributed by atoms with Gasteiger partial charge >= 0.3 is 5.97 Å². The van der Waals surface area contributed by atoms with Crippen LogP contribution in [0.3, 0.4) is 0 Å². The fraction of sp³-hybridized carbons (Fsp3) is 0.231. The average Bonchev–Trinajstić information content (AvgIpc) is 2.78. The zero-order valence-corrected chi connectivity index (χ0v) is 12.3. The van der Waals surface area contributed by atoms with Crippen molar-refractivity contribution in [2.45, 2.75) is 23.1 Å². The highest BCUT2D eigenvalue weighted by molar-refractivity contribution is 8.01. The summed E-state index contributed by atoms with van der Waals surface area (Å²) in [6, 6.07) is 5.18. The lowest BCUT2D eigenvalue weighted by atomic mass is 10.2. The van der Waals surface area contributed by atoms with Crippen LogP contribution in [-0.4, -0.2) is 17.6 Å². The molecule has 19 heavy (non-hydrogen) atoms. The summed E-state index contributed by atoms with van der Waals surface area (Å²) < 4.78 is 5.87. The van der Waals surface area contributed by atoms with Crippen molar-refractivity contribution in [3.8, 4) is 0 Å². The second-order valence-corrected chi connectivity index (χ2v) is 5.98. The van der Waals surface area contributed by atoms with Crippen molar-refractivity contribution in [1.29, 1.82) is 0 Å². The smallest absolute Gasteiger partial charge is 0.338 e. The van der Waals surface area contributed by atoms with E-state index < -0.39 is 0 Å². The molecule has 1 heterocycles. The summed E-state index contributed by atoms with van der Waals surface area (Å²) in [5, 5.41) is 1.99. The Balaban J connectivity index is 2.17. The maximum Gasteiger partial charge on any atom is 0.338 e. The lowest BCUT2D eigenvalue weighted by molar-refractivity contribution is 0.0526. The number of nitrogen functional groups attached to an aromatic ring is 1. The van der Waals surface area contributed by atoms with Crippen LogP contribution in [-0.2, 0) is 4.74 Å². The Hall–Kier alpha value is -1.53. The van der Waals surface area contributed by atoms with E-state index in [2.05, 4.69) is 4.98 Å². The van der Waals surface area contributed by atoms with Crippen molar-refractivity contribution in [3.63, 3.8) is 0 Å². The van der Waals surface area contributed by atoms with Gasteiger partial charge in [-0.3, -0.25) is 0 Å². The number of nitrogens with two attached hydrogens (primary N) is 1. The van der Waals surface area contributed by atoms with Crippen LogP contribution in [0.2, 0.25) is 0 Å². The Kier molecular flexibility index (Phi) is 4.44. The molecule has 4 nitrogen and oxygen atoms in total. The van der Waals surface area contributed by atoms with Crippen molar-refractivity contribution in [1.82, 2.24) is 4.98 Å². The lowest BCUT2D eigenvalue weighted by Crippen LogP contribution is -2.05. The van der Waals surface area contributed by atoms with Gasteiger partial charge in [-0.15, -0.1) is 11.3 Å². The van der Waals surface area contributed by atoms with Gasteiger partial charge < -0.3 is 10.5 Å². The normalized spacial score (nSPS) is 10.4. The number of hydrogen-bond donors (Lipinski definition) is 1. The van der Waals surface area contributed by atoms with Gasteiger partial charge in [-0.25, -0.2) is 9.78 Å². The fourth-order valence-corrected chi connectivity index (χ4v) is 3.27. The van der Waals surface area contributed by atoms with Gasteiger partial charge in [-0.1, -0.05) is 11.8 Å². The molecule has 100 valence electrons. The second kappa shape index (κ2) is 6.08. The molecule has 0 radical (unpaired) electrons. The van der Waals surface area contributed by atoms with E-state index in [1.165, 1.54) is 11.8 Å². The molecular weight excluding hydrogens is 280 g/mol. The molecular formula is C13H14N2O2S2. The molecule has 0 spiro atoms. The molecule has 2 rings (SSSR count). The number of thiazole rings is 1. The van der Waals surface area contributed by atoms with Gasteiger partial charge in [0.15, 0.2) is 4.34 Å². The van der Waals surface area contributed by atoms with E-state index in [-0.39, 0.29) is 5.97 Å². The van der Waals surface area contributed by atoms with E-state index in [0.29, 0.717) is 17.9 Å². The molecule has 1 aromatic carbocycles. The average molecular weight is 294 g/mol. The van der Waals surface area contributed by atoms with Gasteiger partial charge in [-0.2, -0.15) is 0 Å². The van der Waals surface area contributed by atoms with Gasteiger partial charge in [0.05, 0.1) is 12.2 Å². The minimum absolute atomic E-state index is 0.351. The number of aromatic nitrogens is 1. The first-order chi connectivity index (χ1) is 9.10. The quantitative estimate of drug-likeness (QED) is 0.692. The van der Waals surface area contributed by atoms with Crippen molar-refractivity contribution < 1.29 is 9.53 Å². The monoisotopic (exact) mass is 294 g/mol. The minimum Gasteiger partial charge on any atom is -0.462 e. The largest absolute Gasteiger partial charge is 0.462 e. The first-order valence-electron chi connectivity index (χ1n) is 5.76. The summed E-state index contributed by atoms with van der Waals surface area (Å²) in [6.07, 6.45) is 0. The summed E-state index contributed by atoms with van der Waals surface area (Å²) in [6.45, 7) is 4.08. The zero-order valence-electron chi connectivity index (χ0n) is 10.7. The summed E-state index contributed by atoms with van der Waals surface area (Å²) in [5.74, 6) is -0.351. The number of aryl methyl sites for hydroxylation is 1. The van der Waals surface area contributed by atoms with E-state index in [1.54, 1.807) is 30.4 Å². The number of hydrogen-bond acceptors (Lipinski definition) is 6. The molecule has 2 aromatic rings. The van der Waals surface area contributed by atoms with Gasteiger partial charge in [0.25, 0.3) is 0 Å². The molecule has 2 N–H and O–H groups in total. The molecule has 0 atom stereocenters. The Morgan fingerprint density at radius 2 is 2.32 bits per heavy atom. The van der Waals surface area contributed by atoms with Crippen molar-refractivity contribution in [2.24, 2.45) is 0 Å². The highest BCUT2D eigenvalue weighted by atomic mass is 32.2. The standard InChI is InChI=1S/C13H14N2O2S2/c1-3-17-12(16)9-4-5-11(10(14)6-9)19-13-15-8(2)7-18-13/h4-7H,3,14H2,1-2H3. The Bertz CT molecular complexity index is 596. The number of esters is 1. The third kappa shape index (κ3) is 3.48. The van der Waals surface area contributed by atoms with Crippen LogP contribution in [0, 0.1) is 6.92 Å². The highest BCUT2D eigenvalue weighted by Gasteiger charge is 2.10. The van der Waals surface area contributed by atoms with Crippen molar-refractivity contribution in [3.05, 3.63) is 34.8 Å². The van der Waals surface area contributed by atoms with Crippen LogP contribution in [0.25, 0.3) is 0 Å². The molecule has 0 aliphatic rings. The molecule has 0 saturated carbocycles. The molecule has 0 unspecified atom stereocenters. The number of ether oxygens (including phenoxy) is 1. The Morgan fingerprint density at radius 3 is 2.89 bits per heavy atom. The Labute approximate surface area is 120 Å². The van der Waals surface area contributed by atoms with E-state index in [1.807, 2.05) is 18.4 Å². The molecule has 1 aromatic heterocycles. The molecule has 0 bridgehead atoms. The van der Waals surface area contributed by atoms with Crippen LogP contribution in [0.5, 0.6) is 0 Å². The van der Waals surface area contributed by atoms with Crippen LogP contribution < -0.4 is 5.73 Å². The molecule has 0 amide bonds. The number of nitrogens with zero attached hydrogens (tertiary/aromatic N) is 1. The van der Waals surface area contributed by atoms with Gasteiger partial charge in [-0.05, 0) is 32.0 Å². The molecule has 0 saturated heterocycles. The SMILES string of the molecule is CCOC(=O)c1ccc(Sc2nc(C)cs2)c(N)c1. The molecule has 0 fully saturated rings. The van der Waals surface area contributed by atoms with E-state index in [9.17, 15) is 4.79 Å². The van der Waals surface area contributed by atoms with Crippen LogP contribution in [0.1, 0.15) is 23.0 Å². The summed E-state index contributed by atoms with van der Waals surface area (Å²) in [4.78, 5) is 16.8. The maximum atomic E-state index is 11.6. The van der Waals surface area contributed by atoms with E-state index >= 15 is 0 Å². The highest BCUT2D eigenvalue weighted by Crippen LogP contribution is 2.34. The Morgan fingerprint density at radius 1 is 1.53 bits per heavy atom. The number of carbonyl (C=O) groups is 1. The van der Waals surface area contributed by atoms with Gasteiger partial charge in [0, 0.05) is 21.7 Å². The maximum absolute atomic E-state index is 11.6. The first-order valence-corrected chi connectivity index (χ1v) is 7.46. The van der Waals surface area contributed by atoms with Crippen LogP contribution in [0.4, 0.5) is 5.69 Å². The van der Waals surface area contributed by atoms with Gasteiger partial charge in [0.2, 0.25) is 0 Å². The van der Waals surface area contributed by atoms with E-state index in [4.69, 9.17) is 10.5 Å². The number of anilines is 1. The number of rotatable bonds is 4. The summed E-state index contributed by atoms with van der Waals surface area (Å²) >= 11 is 3.08. The first kappa shape index (κ1) is 13.9. The third-order valence-corrected chi connectivity index (χ3v) is 4.46. The molecule has 0 aliphatic heterocycles. The van der Waals surface area contributed by atoms with Gasteiger partial charge in [0.1, 0.15) is 0 Å². The minimum atomic E-state index is -0.351. The fourth-order valence-electron chi connectivity index (χ4n) is 1.46. The molecule has 6 heteroatoms. The van der Waals surface area contributed by atoms with Crippen LogP contribution in [0.15, 0.2) is 32.8 Å². The van der Waals surface area contributed by atoms with Crippen molar-refractivity contribution in [2.75, 3.05) is 12.3 Å². The topological polar surface area (TPSA) is 65.2 Å². The van der Waals surface area contributed by atoms with E-state index in [0.717, 1.165) is 14.9 Å². The predicted molar refractivity (Wildman–Crippen MR) is 77.8 cm³/mol. The predicted octanol–water partition coefficient (Wildman–Crippen LogP) is 3.36. The number of benzene rings is 1. The lowest BCUT2D eigenvalue weighted by Gasteiger charge is -2.06.